The fraction of sp³-hybridized carbons (Fsp3) is 0.556. The van der Waals surface area contributed by atoms with Crippen LogP contribution in [-0.4, -0.2) is 21.7 Å². The Labute approximate surface area is 82.5 Å². The molecule has 1 atom stereocenters. The standard InChI is InChI=1S/C9H14N4O/c1-4-6-7-8(13(3)12-6)10-5(2)9(14)11-7/h5,10H,4H2,1-3H3,(H,11,14). The van der Waals surface area contributed by atoms with Crippen molar-refractivity contribution in [1.29, 1.82) is 0 Å². The third-order valence-electron chi connectivity index (χ3n) is 2.45. The Hall–Kier alpha value is -1.52. The molecule has 1 aliphatic heterocycles. The van der Waals surface area contributed by atoms with E-state index in [1.54, 1.807) is 4.68 Å². The van der Waals surface area contributed by atoms with Crippen LogP contribution in [0.1, 0.15) is 19.5 Å². The summed E-state index contributed by atoms with van der Waals surface area (Å²) in [6.45, 7) is 3.85. The lowest BCUT2D eigenvalue weighted by molar-refractivity contribution is -0.116. The number of hydrogen-bond acceptors (Lipinski definition) is 3. The van der Waals surface area contributed by atoms with Crippen LogP contribution in [0.15, 0.2) is 0 Å². The Balaban J connectivity index is 2.48. The minimum atomic E-state index is -0.192. The Kier molecular flexibility index (Phi) is 1.94. The van der Waals surface area contributed by atoms with E-state index in [4.69, 9.17) is 0 Å². The largest absolute Gasteiger partial charge is 0.357 e. The van der Waals surface area contributed by atoms with Gasteiger partial charge in [0, 0.05) is 7.05 Å². The predicted octanol–water partition coefficient (Wildman–Crippen LogP) is 0.735. The van der Waals surface area contributed by atoms with Crippen molar-refractivity contribution in [2.75, 3.05) is 10.6 Å². The van der Waals surface area contributed by atoms with Crippen molar-refractivity contribution in [2.45, 2.75) is 26.3 Å². The number of rotatable bonds is 1. The van der Waals surface area contributed by atoms with Gasteiger partial charge >= 0.3 is 0 Å². The third-order valence-corrected chi connectivity index (χ3v) is 2.45. The van der Waals surface area contributed by atoms with Gasteiger partial charge in [0.05, 0.1) is 5.69 Å². The zero-order valence-electron chi connectivity index (χ0n) is 8.59. The van der Waals surface area contributed by atoms with E-state index in [0.29, 0.717) is 0 Å². The first kappa shape index (κ1) is 9.05. The SMILES string of the molecule is CCc1nn(C)c2c1NC(=O)C(C)N2. The summed E-state index contributed by atoms with van der Waals surface area (Å²) in [7, 11) is 1.87. The quantitative estimate of drug-likeness (QED) is 0.693. The molecule has 5 nitrogen and oxygen atoms in total. The zero-order valence-corrected chi connectivity index (χ0v) is 8.59. The summed E-state index contributed by atoms with van der Waals surface area (Å²) in [5, 5.41) is 10.3. The van der Waals surface area contributed by atoms with E-state index in [-0.39, 0.29) is 11.9 Å². The summed E-state index contributed by atoms with van der Waals surface area (Å²) in [5.41, 5.74) is 1.76. The maximum Gasteiger partial charge on any atom is 0.246 e. The Bertz CT molecular complexity index is 382. The van der Waals surface area contributed by atoms with Crippen LogP contribution in [0.5, 0.6) is 0 Å². The smallest absolute Gasteiger partial charge is 0.246 e. The van der Waals surface area contributed by atoms with Gasteiger partial charge in [-0.2, -0.15) is 5.10 Å². The summed E-state index contributed by atoms with van der Waals surface area (Å²) in [5.74, 6) is 0.897. The highest BCUT2D eigenvalue weighted by Gasteiger charge is 2.26. The summed E-state index contributed by atoms with van der Waals surface area (Å²) in [4.78, 5) is 11.4. The molecule has 0 bridgehead atoms. The van der Waals surface area contributed by atoms with Crippen LogP contribution in [0, 0.1) is 0 Å². The molecule has 2 heterocycles. The molecular formula is C9H14N4O. The van der Waals surface area contributed by atoms with Gasteiger partial charge in [0.25, 0.3) is 0 Å². The first-order valence-corrected chi connectivity index (χ1v) is 4.76. The first-order valence-electron chi connectivity index (χ1n) is 4.76. The predicted molar refractivity (Wildman–Crippen MR) is 54.3 cm³/mol. The van der Waals surface area contributed by atoms with Crippen molar-refractivity contribution in [2.24, 2.45) is 7.05 Å². The number of nitrogens with one attached hydrogen (secondary N) is 2. The van der Waals surface area contributed by atoms with E-state index in [2.05, 4.69) is 15.7 Å². The molecule has 1 aliphatic rings. The average molecular weight is 194 g/mol. The number of carbonyl (C=O) groups is 1. The molecule has 0 aromatic carbocycles. The van der Waals surface area contributed by atoms with E-state index in [1.165, 1.54) is 0 Å². The highest BCUT2D eigenvalue weighted by molar-refractivity contribution is 6.02. The molecule has 2 N–H and O–H groups in total. The molecular weight excluding hydrogens is 180 g/mol. The van der Waals surface area contributed by atoms with E-state index in [0.717, 1.165) is 23.6 Å². The number of nitrogens with zero attached hydrogens (tertiary/aromatic N) is 2. The fourth-order valence-electron chi connectivity index (χ4n) is 1.63. The second-order valence-electron chi connectivity index (χ2n) is 3.50. The highest BCUT2D eigenvalue weighted by atomic mass is 16.2. The van der Waals surface area contributed by atoms with Crippen LogP contribution in [-0.2, 0) is 18.3 Å². The van der Waals surface area contributed by atoms with Crippen molar-refractivity contribution in [1.82, 2.24) is 9.78 Å². The van der Waals surface area contributed by atoms with Crippen LogP contribution in [0.3, 0.4) is 0 Å². The molecule has 1 aromatic rings. The van der Waals surface area contributed by atoms with Gasteiger partial charge in [-0.25, -0.2) is 0 Å². The minimum absolute atomic E-state index is 0.000185. The number of hydrogen-bond donors (Lipinski definition) is 2. The number of aromatic nitrogens is 2. The van der Waals surface area contributed by atoms with E-state index < -0.39 is 0 Å². The van der Waals surface area contributed by atoms with Gasteiger partial charge in [-0.05, 0) is 13.3 Å². The summed E-state index contributed by atoms with van der Waals surface area (Å²) >= 11 is 0. The van der Waals surface area contributed by atoms with Gasteiger partial charge in [0.1, 0.15) is 17.5 Å². The lowest BCUT2D eigenvalue weighted by Crippen LogP contribution is -2.36. The first-order chi connectivity index (χ1) is 6.63. The maximum absolute atomic E-state index is 11.4. The van der Waals surface area contributed by atoms with Crippen LogP contribution >= 0.6 is 0 Å². The van der Waals surface area contributed by atoms with Crippen molar-refractivity contribution in [3.63, 3.8) is 0 Å². The zero-order chi connectivity index (χ0) is 10.3. The lowest BCUT2D eigenvalue weighted by atomic mass is 10.2. The summed E-state index contributed by atoms with van der Waals surface area (Å²) in [6, 6.07) is -0.192. The van der Waals surface area contributed by atoms with Crippen molar-refractivity contribution in [3.05, 3.63) is 5.69 Å². The third kappa shape index (κ3) is 1.16. The van der Waals surface area contributed by atoms with Crippen LogP contribution in [0.2, 0.25) is 0 Å². The molecule has 2 rings (SSSR count). The second-order valence-corrected chi connectivity index (χ2v) is 3.50. The Morgan fingerprint density at radius 3 is 2.93 bits per heavy atom. The van der Waals surface area contributed by atoms with Gasteiger partial charge in [-0.3, -0.25) is 9.48 Å². The van der Waals surface area contributed by atoms with Crippen LogP contribution < -0.4 is 10.6 Å². The molecule has 1 unspecified atom stereocenters. The summed E-state index contributed by atoms with van der Waals surface area (Å²) < 4.78 is 1.77. The topological polar surface area (TPSA) is 59.0 Å². The molecule has 0 saturated carbocycles. The molecule has 0 saturated heterocycles. The van der Waals surface area contributed by atoms with Gasteiger partial charge in [-0.15, -0.1) is 0 Å². The fourth-order valence-corrected chi connectivity index (χ4v) is 1.63. The molecule has 5 heteroatoms. The molecule has 0 radical (unpaired) electrons. The van der Waals surface area contributed by atoms with Crippen molar-refractivity contribution >= 4 is 17.4 Å². The highest BCUT2D eigenvalue weighted by Crippen LogP contribution is 2.29. The molecule has 0 aliphatic carbocycles. The van der Waals surface area contributed by atoms with Gasteiger partial charge in [0.2, 0.25) is 5.91 Å². The number of fused-ring (bicyclic) bond motifs is 1. The molecule has 0 fully saturated rings. The van der Waals surface area contributed by atoms with E-state index in [1.807, 2.05) is 20.9 Å². The molecule has 1 amide bonds. The van der Waals surface area contributed by atoms with Crippen molar-refractivity contribution < 1.29 is 4.79 Å². The van der Waals surface area contributed by atoms with Crippen LogP contribution in [0.4, 0.5) is 11.5 Å². The number of aryl methyl sites for hydroxylation is 2. The molecule has 14 heavy (non-hydrogen) atoms. The van der Waals surface area contributed by atoms with Crippen molar-refractivity contribution in [3.8, 4) is 0 Å². The van der Waals surface area contributed by atoms with Gasteiger partial charge in [0.15, 0.2) is 0 Å². The molecule has 0 spiro atoms. The average Bonchev–Trinajstić information content (AvgIpc) is 2.45. The maximum atomic E-state index is 11.4. The number of carbonyl (C=O) groups excluding carboxylic acids is 1. The Morgan fingerprint density at radius 1 is 1.57 bits per heavy atom. The lowest BCUT2D eigenvalue weighted by Gasteiger charge is -2.22. The molecule has 1 aromatic heterocycles. The monoisotopic (exact) mass is 194 g/mol. The van der Waals surface area contributed by atoms with E-state index >= 15 is 0 Å². The van der Waals surface area contributed by atoms with Gasteiger partial charge in [-0.1, -0.05) is 6.92 Å². The normalized spacial score (nSPS) is 19.9. The van der Waals surface area contributed by atoms with E-state index in [9.17, 15) is 4.79 Å². The number of amides is 1. The summed E-state index contributed by atoms with van der Waals surface area (Å²) in [6.07, 6.45) is 0.819. The second kappa shape index (κ2) is 3.01. The Morgan fingerprint density at radius 2 is 2.29 bits per heavy atom. The number of anilines is 2. The molecule has 76 valence electrons. The van der Waals surface area contributed by atoms with Crippen LogP contribution in [0.25, 0.3) is 0 Å². The van der Waals surface area contributed by atoms with Gasteiger partial charge < -0.3 is 10.6 Å². The minimum Gasteiger partial charge on any atom is -0.357 e.